The molecule has 1 unspecified atom stereocenters. The third-order valence-corrected chi connectivity index (χ3v) is 5.40. The van der Waals surface area contributed by atoms with Crippen molar-refractivity contribution in [3.05, 3.63) is 83.4 Å². The molecule has 1 N–H and O–H groups in total. The molecule has 30 heavy (non-hydrogen) atoms. The number of aromatic nitrogens is 3. The Morgan fingerprint density at radius 3 is 2.37 bits per heavy atom. The lowest BCUT2D eigenvalue weighted by atomic mass is 10.1. The van der Waals surface area contributed by atoms with Gasteiger partial charge in [0.25, 0.3) is 5.91 Å². The number of H-pyrrole nitrogens is 1. The molecule has 1 fully saturated rings. The smallest absolute Gasteiger partial charge is 0.253 e. The molecule has 3 aromatic rings. The highest BCUT2D eigenvalue weighted by Crippen LogP contribution is 2.26. The third kappa shape index (κ3) is 4.40. The molecule has 1 atom stereocenters. The van der Waals surface area contributed by atoms with Crippen LogP contribution in [0.1, 0.15) is 40.0 Å². The minimum absolute atomic E-state index is 0.0159. The number of rotatable bonds is 4. The molecule has 1 aromatic heterocycles. The predicted molar refractivity (Wildman–Crippen MR) is 113 cm³/mol. The summed E-state index contributed by atoms with van der Waals surface area (Å²) in [7, 11) is 0. The molecule has 154 valence electrons. The van der Waals surface area contributed by atoms with E-state index in [1.807, 2.05) is 77.4 Å². The van der Waals surface area contributed by atoms with Crippen LogP contribution in [0, 0.1) is 6.92 Å². The second-order valence-corrected chi connectivity index (χ2v) is 7.49. The van der Waals surface area contributed by atoms with Gasteiger partial charge in [-0.1, -0.05) is 48.5 Å². The summed E-state index contributed by atoms with van der Waals surface area (Å²) in [4.78, 5) is 34.3. The quantitative estimate of drug-likeness (QED) is 0.726. The van der Waals surface area contributed by atoms with Crippen molar-refractivity contribution in [2.24, 2.45) is 0 Å². The van der Waals surface area contributed by atoms with Gasteiger partial charge in [0.2, 0.25) is 5.91 Å². The van der Waals surface area contributed by atoms with Crippen LogP contribution in [0.15, 0.2) is 60.7 Å². The van der Waals surface area contributed by atoms with Crippen molar-refractivity contribution in [1.82, 2.24) is 25.0 Å². The zero-order valence-electron chi connectivity index (χ0n) is 17.0. The van der Waals surface area contributed by atoms with E-state index in [1.54, 1.807) is 0 Å². The molecule has 2 amide bonds. The van der Waals surface area contributed by atoms with Crippen LogP contribution < -0.4 is 0 Å². The number of aromatic amines is 1. The lowest BCUT2D eigenvalue weighted by Gasteiger charge is -2.27. The van der Waals surface area contributed by atoms with Gasteiger partial charge in [-0.3, -0.25) is 14.7 Å². The summed E-state index contributed by atoms with van der Waals surface area (Å²) in [5.41, 5.74) is 1.63. The maximum Gasteiger partial charge on any atom is 0.253 e. The molecule has 2 aromatic carbocycles. The van der Waals surface area contributed by atoms with Crippen molar-refractivity contribution < 1.29 is 9.59 Å². The largest absolute Gasteiger partial charge is 0.337 e. The van der Waals surface area contributed by atoms with Crippen LogP contribution in [-0.2, 0) is 11.2 Å². The number of nitrogens with one attached hydrogen (secondary N) is 1. The van der Waals surface area contributed by atoms with Gasteiger partial charge >= 0.3 is 0 Å². The second kappa shape index (κ2) is 8.90. The van der Waals surface area contributed by atoms with Gasteiger partial charge in [-0.05, 0) is 31.0 Å². The van der Waals surface area contributed by atoms with Gasteiger partial charge < -0.3 is 9.80 Å². The van der Waals surface area contributed by atoms with Crippen LogP contribution in [0.4, 0.5) is 0 Å². The lowest BCUT2D eigenvalue weighted by Crippen LogP contribution is -2.39. The highest BCUT2D eigenvalue weighted by molar-refractivity contribution is 5.94. The number of carbonyl (C=O) groups is 2. The van der Waals surface area contributed by atoms with E-state index in [1.165, 1.54) is 0 Å². The molecule has 7 heteroatoms. The van der Waals surface area contributed by atoms with Gasteiger partial charge in [-0.2, -0.15) is 5.10 Å². The minimum Gasteiger partial charge on any atom is -0.337 e. The van der Waals surface area contributed by atoms with Gasteiger partial charge in [0, 0.05) is 25.2 Å². The Morgan fingerprint density at radius 1 is 1.00 bits per heavy atom. The highest BCUT2D eigenvalue weighted by atomic mass is 16.2. The number of amides is 2. The second-order valence-electron chi connectivity index (χ2n) is 7.49. The van der Waals surface area contributed by atoms with Crippen LogP contribution in [-0.4, -0.2) is 56.4 Å². The van der Waals surface area contributed by atoms with Gasteiger partial charge in [-0.25, -0.2) is 4.98 Å². The van der Waals surface area contributed by atoms with E-state index in [0.29, 0.717) is 49.7 Å². The summed E-state index contributed by atoms with van der Waals surface area (Å²) in [6, 6.07) is 18.7. The molecule has 7 nitrogen and oxygen atoms in total. The van der Waals surface area contributed by atoms with Gasteiger partial charge in [0.15, 0.2) is 5.82 Å². The molecular formula is C23H25N5O2. The van der Waals surface area contributed by atoms with Crippen LogP contribution in [0.2, 0.25) is 0 Å². The monoisotopic (exact) mass is 403 g/mol. The van der Waals surface area contributed by atoms with Crippen molar-refractivity contribution in [3.63, 3.8) is 0 Å². The number of carbonyl (C=O) groups excluding carboxylic acids is 2. The highest BCUT2D eigenvalue weighted by Gasteiger charge is 2.32. The first-order valence-corrected chi connectivity index (χ1v) is 10.2. The van der Waals surface area contributed by atoms with E-state index >= 15 is 0 Å². The fraction of sp³-hybridized carbons (Fsp3) is 0.304. The molecule has 1 aliphatic rings. The Kier molecular flexibility index (Phi) is 5.88. The molecule has 1 saturated heterocycles. The van der Waals surface area contributed by atoms with Crippen molar-refractivity contribution >= 4 is 11.8 Å². The molecule has 0 radical (unpaired) electrons. The molecule has 0 spiro atoms. The molecule has 2 heterocycles. The van der Waals surface area contributed by atoms with Crippen molar-refractivity contribution in [3.8, 4) is 0 Å². The summed E-state index contributed by atoms with van der Waals surface area (Å²) >= 11 is 0. The lowest BCUT2D eigenvalue weighted by molar-refractivity contribution is -0.133. The first-order valence-electron chi connectivity index (χ1n) is 10.2. The fourth-order valence-corrected chi connectivity index (χ4v) is 3.84. The number of aryl methyl sites for hydroxylation is 1. The Morgan fingerprint density at radius 2 is 1.70 bits per heavy atom. The summed E-state index contributed by atoms with van der Waals surface area (Å²) in [6.45, 7) is 3.31. The number of hydrogen-bond acceptors (Lipinski definition) is 4. The molecule has 1 aliphatic heterocycles. The maximum absolute atomic E-state index is 13.2. The molecule has 4 rings (SSSR count). The van der Waals surface area contributed by atoms with Crippen LogP contribution in [0.3, 0.4) is 0 Å². The number of hydrogen-bond donors (Lipinski definition) is 1. The van der Waals surface area contributed by atoms with Gasteiger partial charge in [-0.15, -0.1) is 0 Å². The number of nitrogens with zero attached hydrogens (tertiary/aromatic N) is 4. The molecule has 0 saturated carbocycles. The third-order valence-electron chi connectivity index (χ3n) is 5.40. The molecule has 0 bridgehead atoms. The first-order chi connectivity index (χ1) is 14.6. The summed E-state index contributed by atoms with van der Waals surface area (Å²) in [5.74, 6) is 1.31. The molecular weight excluding hydrogens is 378 g/mol. The van der Waals surface area contributed by atoms with E-state index in [4.69, 9.17) is 0 Å². The first kappa shape index (κ1) is 19.8. The average molecular weight is 403 g/mol. The van der Waals surface area contributed by atoms with E-state index < -0.39 is 0 Å². The van der Waals surface area contributed by atoms with E-state index in [0.717, 1.165) is 5.56 Å². The fourth-order valence-electron chi connectivity index (χ4n) is 3.84. The summed E-state index contributed by atoms with van der Waals surface area (Å²) < 4.78 is 0. The normalized spacial score (nSPS) is 16.9. The summed E-state index contributed by atoms with van der Waals surface area (Å²) in [6.07, 6.45) is 0.907. The Balaban J connectivity index is 1.56. The topological polar surface area (TPSA) is 82.2 Å². The van der Waals surface area contributed by atoms with Crippen molar-refractivity contribution in [2.75, 3.05) is 19.6 Å². The Labute approximate surface area is 175 Å². The van der Waals surface area contributed by atoms with E-state index in [9.17, 15) is 9.59 Å². The van der Waals surface area contributed by atoms with Crippen molar-refractivity contribution in [2.45, 2.75) is 25.8 Å². The van der Waals surface area contributed by atoms with Gasteiger partial charge in [0.1, 0.15) is 5.82 Å². The Bertz CT molecular complexity index is 1000. The summed E-state index contributed by atoms with van der Waals surface area (Å²) in [5, 5.41) is 7.19. The van der Waals surface area contributed by atoms with Gasteiger partial charge in [0.05, 0.1) is 12.5 Å². The zero-order valence-corrected chi connectivity index (χ0v) is 17.0. The standard InChI is InChI=1S/C23H25N5O2/c1-17-24-22(26-25-17)20-12-13-27(23(30)19-10-6-3-7-11-19)14-15-28(20)21(29)16-18-8-4-2-5-9-18/h2-11,20H,12-16H2,1H3,(H,24,25,26). The van der Waals surface area contributed by atoms with Crippen molar-refractivity contribution in [1.29, 1.82) is 0 Å². The average Bonchev–Trinajstić information content (AvgIpc) is 3.08. The zero-order chi connectivity index (χ0) is 20.9. The minimum atomic E-state index is -0.264. The van der Waals surface area contributed by atoms with Crippen LogP contribution in [0.25, 0.3) is 0 Å². The van der Waals surface area contributed by atoms with Crippen LogP contribution in [0.5, 0.6) is 0 Å². The number of benzene rings is 2. The SMILES string of the molecule is Cc1nc(C2CCN(C(=O)c3ccccc3)CCN2C(=O)Cc2ccccc2)n[nH]1. The molecule has 0 aliphatic carbocycles. The van der Waals surface area contributed by atoms with Crippen LogP contribution >= 0.6 is 0 Å². The van der Waals surface area contributed by atoms with E-state index in [-0.39, 0.29) is 17.9 Å². The Hall–Kier alpha value is -3.48. The predicted octanol–water partition coefficient (Wildman–Crippen LogP) is 2.77. The van der Waals surface area contributed by atoms with E-state index in [2.05, 4.69) is 15.2 Å². The maximum atomic E-state index is 13.2.